The van der Waals surface area contributed by atoms with E-state index in [1.165, 1.54) is 19.3 Å². The maximum absolute atomic E-state index is 10.9. The number of hydrogen-bond donors (Lipinski definition) is 1. The Labute approximate surface area is 94.9 Å². The van der Waals surface area contributed by atoms with Crippen molar-refractivity contribution in [1.82, 2.24) is 4.98 Å². The van der Waals surface area contributed by atoms with Gasteiger partial charge in [-0.05, 0) is 38.3 Å². The Morgan fingerprint density at radius 2 is 2.19 bits per heavy atom. The van der Waals surface area contributed by atoms with E-state index in [1.54, 1.807) is 12.1 Å². The highest BCUT2D eigenvalue weighted by Crippen LogP contribution is 2.27. The van der Waals surface area contributed by atoms with Crippen LogP contribution in [0.1, 0.15) is 35.3 Å². The molecule has 0 aromatic carbocycles. The van der Waals surface area contributed by atoms with Crippen molar-refractivity contribution < 1.29 is 9.90 Å². The average Bonchev–Trinajstić information content (AvgIpc) is 2.13. The molecule has 1 aromatic heterocycles. The number of aromatic carboxylic acids is 1. The van der Waals surface area contributed by atoms with Gasteiger partial charge in [0.2, 0.25) is 0 Å². The lowest BCUT2D eigenvalue weighted by molar-refractivity contribution is 0.0696. The minimum absolute atomic E-state index is 0.314. The van der Waals surface area contributed by atoms with Crippen LogP contribution in [0.5, 0.6) is 0 Å². The van der Waals surface area contributed by atoms with Gasteiger partial charge in [-0.25, -0.2) is 9.78 Å². The topological polar surface area (TPSA) is 53.4 Å². The van der Waals surface area contributed by atoms with E-state index in [-0.39, 0.29) is 0 Å². The predicted octanol–water partition coefficient (Wildman–Crippen LogP) is 2.08. The molecular weight excluding hydrogens is 204 g/mol. The summed E-state index contributed by atoms with van der Waals surface area (Å²) in [5, 5.41) is 8.98. The Hall–Kier alpha value is -1.58. The molecule has 1 aromatic rings. The second-order valence-corrected chi connectivity index (χ2v) is 4.36. The molecule has 0 bridgehead atoms. The van der Waals surface area contributed by atoms with Gasteiger partial charge in [-0.1, -0.05) is 0 Å². The fourth-order valence-electron chi connectivity index (χ4n) is 1.92. The van der Waals surface area contributed by atoms with E-state index < -0.39 is 5.97 Å². The second kappa shape index (κ2) is 4.12. The Bertz CT molecular complexity index is 413. The number of pyridine rings is 1. The van der Waals surface area contributed by atoms with E-state index in [2.05, 4.69) is 9.88 Å². The zero-order valence-corrected chi connectivity index (χ0v) is 9.60. The first-order valence-electron chi connectivity index (χ1n) is 5.53. The highest BCUT2D eigenvalue weighted by molar-refractivity contribution is 5.88. The molecule has 1 N–H and O–H groups in total. The molecule has 0 aliphatic heterocycles. The van der Waals surface area contributed by atoms with Crippen molar-refractivity contribution in [2.45, 2.75) is 32.2 Å². The van der Waals surface area contributed by atoms with Crippen LogP contribution < -0.4 is 4.90 Å². The average molecular weight is 220 g/mol. The lowest BCUT2D eigenvalue weighted by Gasteiger charge is -2.35. The summed E-state index contributed by atoms with van der Waals surface area (Å²) in [6.45, 7) is 1.82. The minimum atomic E-state index is -0.895. The summed E-state index contributed by atoms with van der Waals surface area (Å²) in [4.78, 5) is 17.4. The fourth-order valence-corrected chi connectivity index (χ4v) is 1.92. The van der Waals surface area contributed by atoms with Crippen molar-refractivity contribution >= 4 is 11.8 Å². The number of nitrogens with zero attached hydrogens (tertiary/aromatic N) is 2. The Morgan fingerprint density at radius 3 is 2.69 bits per heavy atom. The molecule has 1 saturated carbocycles. The molecule has 0 spiro atoms. The highest BCUT2D eigenvalue weighted by Gasteiger charge is 2.23. The second-order valence-electron chi connectivity index (χ2n) is 4.36. The van der Waals surface area contributed by atoms with Gasteiger partial charge in [-0.15, -0.1) is 0 Å². The monoisotopic (exact) mass is 220 g/mol. The predicted molar refractivity (Wildman–Crippen MR) is 62.0 cm³/mol. The zero-order chi connectivity index (χ0) is 11.7. The molecule has 4 heteroatoms. The summed E-state index contributed by atoms with van der Waals surface area (Å²) in [5.41, 5.74) is 1.06. The number of carboxylic acid groups (broad SMARTS) is 1. The van der Waals surface area contributed by atoms with Crippen LogP contribution in [0.25, 0.3) is 0 Å². The maximum atomic E-state index is 10.9. The smallest absolute Gasteiger partial charge is 0.335 e. The lowest BCUT2D eigenvalue weighted by Crippen LogP contribution is -2.37. The van der Waals surface area contributed by atoms with Gasteiger partial charge in [0.15, 0.2) is 0 Å². The van der Waals surface area contributed by atoms with Crippen LogP contribution in [0.15, 0.2) is 12.1 Å². The van der Waals surface area contributed by atoms with Gasteiger partial charge in [0.05, 0.1) is 5.56 Å². The molecule has 0 atom stereocenters. The first kappa shape index (κ1) is 10.9. The van der Waals surface area contributed by atoms with Gasteiger partial charge in [-0.3, -0.25) is 0 Å². The van der Waals surface area contributed by atoms with E-state index in [0.29, 0.717) is 11.6 Å². The number of carboxylic acids is 1. The van der Waals surface area contributed by atoms with Gasteiger partial charge < -0.3 is 10.0 Å². The molecular formula is C12H16N2O2. The summed E-state index contributed by atoms with van der Waals surface area (Å²) < 4.78 is 0. The van der Waals surface area contributed by atoms with Gasteiger partial charge in [0.1, 0.15) is 5.82 Å². The van der Waals surface area contributed by atoms with Crippen molar-refractivity contribution in [2.24, 2.45) is 0 Å². The van der Waals surface area contributed by atoms with Crippen LogP contribution in [0.2, 0.25) is 0 Å². The van der Waals surface area contributed by atoms with Gasteiger partial charge >= 0.3 is 5.97 Å². The molecule has 1 aliphatic carbocycles. The summed E-state index contributed by atoms with van der Waals surface area (Å²) in [5.74, 6) is -0.129. The van der Waals surface area contributed by atoms with Crippen molar-refractivity contribution in [2.75, 3.05) is 11.9 Å². The number of rotatable bonds is 3. The summed E-state index contributed by atoms with van der Waals surface area (Å²) >= 11 is 0. The van der Waals surface area contributed by atoms with Gasteiger partial charge in [0.25, 0.3) is 0 Å². The fraction of sp³-hybridized carbons (Fsp3) is 0.500. The van der Waals surface area contributed by atoms with Crippen molar-refractivity contribution in [1.29, 1.82) is 0 Å². The van der Waals surface area contributed by atoms with E-state index in [1.807, 2.05) is 14.0 Å². The Kier molecular flexibility index (Phi) is 2.81. The van der Waals surface area contributed by atoms with E-state index in [0.717, 1.165) is 11.5 Å². The highest BCUT2D eigenvalue weighted by atomic mass is 16.4. The van der Waals surface area contributed by atoms with Gasteiger partial charge in [0, 0.05) is 18.8 Å². The molecule has 86 valence electrons. The summed E-state index contributed by atoms with van der Waals surface area (Å²) in [6, 6.07) is 3.77. The van der Waals surface area contributed by atoms with Gasteiger partial charge in [-0.2, -0.15) is 0 Å². The van der Waals surface area contributed by atoms with Crippen LogP contribution in [0.3, 0.4) is 0 Å². The lowest BCUT2D eigenvalue weighted by atomic mass is 9.92. The zero-order valence-electron chi connectivity index (χ0n) is 9.60. The van der Waals surface area contributed by atoms with Crippen LogP contribution in [-0.4, -0.2) is 29.1 Å². The normalized spacial score (nSPS) is 15.6. The van der Waals surface area contributed by atoms with Crippen LogP contribution in [0, 0.1) is 6.92 Å². The third-order valence-electron chi connectivity index (χ3n) is 3.17. The van der Waals surface area contributed by atoms with Crippen molar-refractivity contribution in [3.05, 3.63) is 23.4 Å². The van der Waals surface area contributed by atoms with E-state index in [4.69, 9.17) is 5.11 Å². The maximum Gasteiger partial charge on any atom is 0.335 e. The quantitative estimate of drug-likeness (QED) is 0.847. The molecule has 0 amide bonds. The van der Waals surface area contributed by atoms with E-state index >= 15 is 0 Å². The molecule has 16 heavy (non-hydrogen) atoms. The number of aromatic nitrogens is 1. The summed E-state index contributed by atoms with van der Waals surface area (Å²) in [6.07, 6.45) is 3.61. The summed E-state index contributed by atoms with van der Waals surface area (Å²) in [7, 11) is 1.98. The minimum Gasteiger partial charge on any atom is -0.478 e. The first-order valence-corrected chi connectivity index (χ1v) is 5.53. The number of carbonyl (C=O) groups is 1. The number of aryl methyl sites for hydroxylation is 1. The Morgan fingerprint density at radius 1 is 1.50 bits per heavy atom. The molecule has 0 radical (unpaired) electrons. The molecule has 0 unspecified atom stereocenters. The van der Waals surface area contributed by atoms with Crippen LogP contribution >= 0.6 is 0 Å². The standard InChI is InChI=1S/C12H16N2O2/c1-8-6-9(12(15)16)7-11(13-8)14(2)10-4-3-5-10/h6-7,10H,3-5H2,1-2H3,(H,15,16). The molecule has 1 fully saturated rings. The molecule has 1 aliphatic rings. The molecule has 2 rings (SSSR count). The first-order chi connectivity index (χ1) is 7.58. The third-order valence-corrected chi connectivity index (χ3v) is 3.17. The van der Waals surface area contributed by atoms with Crippen molar-refractivity contribution in [3.8, 4) is 0 Å². The molecule has 0 saturated heterocycles. The number of hydrogen-bond acceptors (Lipinski definition) is 3. The van der Waals surface area contributed by atoms with Crippen LogP contribution in [0.4, 0.5) is 5.82 Å². The molecule has 1 heterocycles. The largest absolute Gasteiger partial charge is 0.478 e. The van der Waals surface area contributed by atoms with Crippen LogP contribution in [-0.2, 0) is 0 Å². The number of anilines is 1. The van der Waals surface area contributed by atoms with E-state index in [9.17, 15) is 4.79 Å². The molecule has 4 nitrogen and oxygen atoms in total. The third kappa shape index (κ3) is 2.01. The SMILES string of the molecule is Cc1cc(C(=O)O)cc(N(C)C2CCC2)n1. The Balaban J connectivity index is 2.28. The van der Waals surface area contributed by atoms with Crippen molar-refractivity contribution in [3.63, 3.8) is 0 Å².